The number of fused-ring (bicyclic) bond motifs is 2. The lowest BCUT2D eigenvalue weighted by atomic mass is 9.94. The van der Waals surface area contributed by atoms with Crippen LogP contribution < -0.4 is 10.6 Å². The summed E-state index contributed by atoms with van der Waals surface area (Å²) in [7, 11) is 1.76. The molecule has 29 heavy (non-hydrogen) atoms. The predicted molar refractivity (Wildman–Crippen MR) is 113 cm³/mol. The third-order valence-electron chi connectivity index (χ3n) is 5.60. The van der Waals surface area contributed by atoms with E-state index >= 15 is 0 Å². The Labute approximate surface area is 170 Å². The van der Waals surface area contributed by atoms with Gasteiger partial charge < -0.3 is 15.1 Å². The van der Waals surface area contributed by atoms with E-state index in [-0.39, 0.29) is 11.9 Å². The molecule has 0 amide bonds. The van der Waals surface area contributed by atoms with Crippen LogP contribution in [0.2, 0.25) is 0 Å². The van der Waals surface area contributed by atoms with Crippen LogP contribution in [0.1, 0.15) is 48.9 Å². The summed E-state index contributed by atoms with van der Waals surface area (Å²) in [6.45, 7) is 6.73. The Bertz CT molecular complexity index is 1050. The molecule has 1 aliphatic rings. The van der Waals surface area contributed by atoms with Crippen LogP contribution in [-0.2, 0) is 19.4 Å². The van der Waals surface area contributed by atoms with E-state index in [2.05, 4.69) is 35.7 Å². The first-order valence-electron chi connectivity index (χ1n) is 10.2. The molecule has 7 heteroatoms. The van der Waals surface area contributed by atoms with Crippen LogP contribution in [0, 0.1) is 12.7 Å². The van der Waals surface area contributed by atoms with Gasteiger partial charge in [-0.3, -0.25) is 9.67 Å². The first-order valence-corrected chi connectivity index (χ1v) is 10.2. The molecule has 4 rings (SSSR count). The smallest absolute Gasteiger partial charge is 0.191 e. The molecule has 3 aromatic rings. The van der Waals surface area contributed by atoms with Crippen LogP contribution in [0.5, 0.6) is 0 Å². The van der Waals surface area contributed by atoms with E-state index in [0.29, 0.717) is 18.2 Å². The highest BCUT2D eigenvalue weighted by Gasteiger charge is 2.23. The van der Waals surface area contributed by atoms with Crippen molar-refractivity contribution in [1.82, 2.24) is 20.4 Å². The van der Waals surface area contributed by atoms with Gasteiger partial charge >= 0.3 is 0 Å². The Kier molecular flexibility index (Phi) is 5.30. The summed E-state index contributed by atoms with van der Waals surface area (Å²) in [6, 6.07) is 5.27. The number of aryl methyl sites for hydroxylation is 2. The van der Waals surface area contributed by atoms with Gasteiger partial charge in [0.15, 0.2) is 5.96 Å². The van der Waals surface area contributed by atoms with E-state index in [1.165, 1.54) is 23.4 Å². The maximum Gasteiger partial charge on any atom is 0.191 e. The van der Waals surface area contributed by atoms with Gasteiger partial charge in [-0.1, -0.05) is 0 Å². The fraction of sp³-hybridized carbons (Fsp3) is 0.455. The average Bonchev–Trinajstić information content (AvgIpc) is 3.26. The second-order valence-electron chi connectivity index (χ2n) is 7.98. The lowest BCUT2D eigenvalue weighted by Crippen LogP contribution is -2.45. The molecule has 2 aromatic heterocycles. The summed E-state index contributed by atoms with van der Waals surface area (Å²) in [6.07, 6.45) is 5.13. The molecule has 0 spiro atoms. The summed E-state index contributed by atoms with van der Waals surface area (Å²) in [5, 5.41) is 12.4. The molecule has 0 radical (unpaired) electrons. The van der Waals surface area contributed by atoms with Crippen molar-refractivity contribution in [3.05, 3.63) is 52.8 Å². The highest BCUT2D eigenvalue weighted by atomic mass is 19.1. The highest BCUT2D eigenvalue weighted by Crippen LogP contribution is 2.26. The predicted octanol–water partition coefficient (Wildman–Crippen LogP) is 3.88. The van der Waals surface area contributed by atoms with Gasteiger partial charge in [0.25, 0.3) is 0 Å². The summed E-state index contributed by atoms with van der Waals surface area (Å²) in [4.78, 5) is 4.35. The number of furan rings is 1. The lowest BCUT2D eigenvalue weighted by molar-refractivity contribution is 0.494. The van der Waals surface area contributed by atoms with Crippen molar-refractivity contribution in [2.24, 2.45) is 4.99 Å². The summed E-state index contributed by atoms with van der Waals surface area (Å²) >= 11 is 0. The number of nitrogens with zero attached hydrogens (tertiary/aromatic N) is 3. The van der Waals surface area contributed by atoms with Crippen LogP contribution >= 0.6 is 0 Å². The third-order valence-corrected chi connectivity index (χ3v) is 5.60. The maximum atomic E-state index is 13.5. The van der Waals surface area contributed by atoms with Crippen molar-refractivity contribution in [3.8, 4) is 0 Å². The third kappa shape index (κ3) is 3.99. The minimum absolute atomic E-state index is 0.255. The van der Waals surface area contributed by atoms with Crippen molar-refractivity contribution in [1.29, 1.82) is 0 Å². The zero-order valence-corrected chi connectivity index (χ0v) is 17.4. The van der Waals surface area contributed by atoms with Gasteiger partial charge in [0.2, 0.25) is 0 Å². The van der Waals surface area contributed by atoms with Crippen molar-refractivity contribution in [2.45, 2.75) is 58.7 Å². The number of aromatic nitrogens is 2. The number of halogens is 1. The number of guanidine groups is 1. The molecular formula is C22H28FN5O. The van der Waals surface area contributed by atoms with E-state index in [0.717, 1.165) is 41.9 Å². The number of aliphatic imine (C=N–C) groups is 1. The molecule has 2 heterocycles. The Hall–Kier alpha value is -2.83. The van der Waals surface area contributed by atoms with Gasteiger partial charge in [0, 0.05) is 42.7 Å². The fourth-order valence-electron chi connectivity index (χ4n) is 3.86. The van der Waals surface area contributed by atoms with Gasteiger partial charge in [0.1, 0.15) is 17.2 Å². The first kappa shape index (κ1) is 19.5. The molecule has 154 valence electrons. The van der Waals surface area contributed by atoms with Crippen LogP contribution in [0.25, 0.3) is 11.0 Å². The van der Waals surface area contributed by atoms with Crippen LogP contribution in [0.4, 0.5) is 4.39 Å². The Morgan fingerprint density at radius 2 is 2.24 bits per heavy atom. The Balaban J connectivity index is 1.40. The quantitative estimate of drug-likeness (QED) is 0.518. The van der Waals surface area contributed by atoms with Gasteiger partial charge in [0.05, 0.1) is 12.2 Å². The molecule has 0 saturated carbocycles. The minimum atomic E-state index is -0.255. The molecule has 1 aliphatic carbocycles. The number of hydrogen-bond acceptors (Lipinski definition) is 3. The second kappa shape index (κ2) is 7.89. The molecular weight excluding hydrogens is 369 g/mol. The Morgan fingerprint density at radius 3 is 3.00 bits per heavy atom. The molecule has 1 aromatic carbocycles. The number of hydrogen-bond donors (Lipinski definition) is 2. The largest absolute Gasteiger partial charge is 0.459 e. The van der Waals surface area contributed by atoms with Crippen molar-refractivity contribution in [3.63, 3.8) is 0 Å². The molecule has 1 atom stereocenters. The van der Waals surface area contributed by atoms with Crippen LogP contribution in [0.3, 0.4) is 0 Å². The Morgan fingerprint density at radius 1 is 1.41 bits per heavy atom. The first-order chi connectivity index (χ1) is 13.9. The van der Waals surface area contributed by atoms with Gasteiger partial charge in [-0.2, -0.15) is 5.10 Å². The lowest BCUT2D eigenvalue weighted by Gasteiger charge is -2.24. The van der Waals surface area contributed by atoms with E-state index < -0.39 is 0 Å². The minimum Gasteiger partial charge on any atom is -0.459 e. The van der Waals surface area contributed by atoms with Crippen molar-refractivity contribution < 1.29 is 8.81 Å². The standard InChI is InChI=1S/C22H28FN5O/c1-13(2)28-12-15-5-7-17(10-19(15)27-28)26-22(24-4)25-11-21-14(3)18-9-16(23)6-8-20(18)29-21/h6,8-9,12-13,17H,5,7,10-11H2,1-4H3,(H2,24,25,26). The number of benzene rings is 1. The number of rotatable bonds is 4. The van der Waals surface area contributed by atoms with Crippen molar-refractivity contribution in [2.75, 3.05) is 7.05 Å². The van der Waals surface area contributed by atoms with Gasteiger partial charge in [-0.15, -0.1) is 0 Å². The van der Waals surface area contributed by atoms with Crippen LogP contribution in [-0.4, -0.2) is 28.8 Å². The monoisotopic (exact) mass is 397 g/mol. The van der Waals surface area contributed by atoms with Crippen LogP contribution in [0.15, 0.2) is 33.8 Å². The molecule has 6 nitrogen and oxygen atoms in total. The molecule has 0 saturated heterocycles. The van der Waals surface area contributed by atoms with Gasteiger partial charge in [-0.25, -0.2) is 4.39 Å². The molecule has 0 bridgehead atoms. The fourth-order valence-corrected chi connectivity index (χ4v) is 3.86. The zero-order chi connectivity index (χ0) is 20.5. The highest BCUT2D eigenvalue weighted by molar-refractivity contribution is 5.83. The summed E-state index contributed by atoms with van der Waals surface area (Å²) in [5.41, 5.74) is 4.17. The zero-order valence-electron chi connectivity index (χ0n) is 17.4. The second-order valence-corrected chi connectivity index (χ2v) is 7.98. The summed E-state index contributed by atoms with van der Waals surface area (Å²) in [5.74, 6) is 1.26. The van der Waals surface area contributed by atoms with E-state index in [1.54, 1.807) is 13.1 Å². The van der Waals surface area contributed by atoms with Crippen molar-refractivity contribution >= 4 is 16.9 Å². The van der Waals surface area contributed by atoms with E-state index in [1.807, 2.05) is 11.6 Å². The normalized spacial score (nSPS) is 17.0. The van der Waals surface area contributed by atoms with Gasteiger partial charge in [-0.05, 0) is 57.4 Å². The number of nitrogens with one attached hydrogen (secondary N) is 2. The van der Waals surface area contributed by atoms with E-state index in [4.69, 9.17) is 9.52 Å². The molecule has 1 unspecified atom stereocenters. The maximum absolute atomic E-state index is 13.5. The van der Waals surface area contributed by atoms with E-state index in [9.17, 15) is 4.39 Å². The summed E-state index contributed by atoms with van der Waals surface area (Å²) < 4.78 is 21.4. The average molecular weight is 397 g/mol. The topological polar surface area (TPSA) is 67.4 Å². The molecule has 0 aliphatic heterocycles. The molecule has 0 fully saturated rings. The molecule has 2 N–H and O–H groups in total. The SMILES string of the molecule is CN=C(NCc1oc2ccc(F)cc2c1C)NC1CCc2cn(C(C)C)nc2C1.